The van der Waals surface area contributed by atoms with Crippen molar-refractivity contribution in [2.24, 2.45) is 5.73 Å². The van der Waals surface area contributed by atoms with Gasteiger partial charge in [-0.1, -0.05) is 59.6 Å². The first-order chi connectivity index (χ1) is 16.6. The molecular weight excluding hydrogens is 471 g/mol. The molecule has 168 valence electrons. The first-order valence-electron chi connectivity index (χ1n) is 10.4. The topological polar surface area (TPSA) is 97.0 Å². The highest BCUT2D eigenvalue weighted by atomic mass is 35.5. The maximum absolute atomic E-state index is 9.89. The van der Waals surface area contributed by atoms with E-state index < -0.39 is 5.92 Å². The Morgan fingerprint density at radius 1 is 0.971 bits per heavy atom. The number of nitrogens with two attached hydrogens (primary N) is 1. The van der Waals surface area contributed by atoms with Crippen LogP contribution in [0.2, 0.25) is 10.0 Å². The smallest absolute Gasteiger partial charge is 0.244 e. The van der Waals surface area contributed by atoms with Gasteiger partial charge in [0.15, 0.2) is 0 Å². The molecule has 8 heteroatoms. The van der Waals surface area contributed by atoms with Crippen LogP contribution < -0.4 is 15.2 Å². The predicted molar refractivity (Wildman–Crippen MR) is 131 cm³/mol. The lowest BCUT2D eigenvalue weighted by Crippen LogP contribution is -2.21. The molecule has 2 heterocycles. The number of hydrogen-bond donors (Lipinski definition) is 2. The van der Waals surface area contributed by atoms with Crippen LogP contribution in [0, 0.1) is 11.3 Å². The van der Waals surface area contributed by atoms with E-state index in [-0.39, 0.29) is 17.3 Å². The molecule has 0 unspecified atom stereocenters. The molecule has 1 aliphatic heterocycles. The van der Waals surface area contributed by atoms with Crippen molar-refractivity contribution in [2.45, 2.75) is 12.5 Å². The average Bonchev–Trinajstić information content (AvgIpc) is 3.27. The van der Waals surface area contributed by atoms with E-state index in [4.69, 9.17) is 38.4 Å². The normalized spacial score (nSPS) is 14.8. The number of allylic oxidation sites excluding steroid dienone is 1. The zero-order valence-electron chi connectivity index (χ0n) is 17.8. The molecule has 1 aromatic heterocycles. The minimum atomic E-state index is -0.641. The van der Waals surface area contributed by atoms with Gasteiger partial charge in [-0.15, -0.1) is 5.10 Å². The van der Waals surface area contributed by atoms with E-state index in [0.29, 0.717) is 33.5 Å². The maximum Gasteiger partial charge on any atom is 0.244 e. The molecule has 1 aliphatic rings. The first-order valence-corrected chi connectivity index (χ1v) is 11.2. The number of nitrogens with one attached hydrogen (secondary N) is 1. The molecule has 5 rings (SSSR count). The van der Waals surface area contributed by atoms with E-state index in [1.165, 1.54) is 0 Å². The quantitative estimate of drug-likeness (QED) is 0.349. The number of ether oxygens (including phenoxy) is 2. The van der Waals surface area contributed by atoms with Crippen molar-refractivity contribution < 1.29 is 9.47 Å². The van der Waals surface area contributed by atoms with Crippen LogP contribution in [-0.2, 0) is 6.61 Å². The Labute approximate surface area is 206 Å². The van der Waals surface area contributed by atoms with Gasteiger partial charge in [0.2, 0.25) is 11.8 Å². The van der Waals surface area contributed by atoms with Gasteiger partial charge in [-0.3, -0.25) is 5.10 Å². The van der Waals surface area contributed by atoms with E-state index >= 15 is 0 Å². The van der Waals surface area contributed by atoms with Crippen LogP contribution >= 0.6 is 23.2 Å². The second-order valence-electron chi connectivity index (χ2n) is 7.68. The van der Waals surface area contributed by atoms with Crippen molar-refractivity contribution >= 4 is 23.2 Å². The van der Waals surface area contributed by atoms with Crippen LogP contribution in [0.5, 0.6) is 11.6 Å². The van der Waals surface area contributed by atoms with Crippen molar-refractivity contribution in [2.75, 3.05) is 0 Å². The number of rotatable bonds is 5. The van der Waals surface area contributed by atoms with E-state index in [1.807, 2.05) is 54.6 Å². The highest BCUT2D eigenvalue weighted by Gasteiger charge is 2.37. The predicted octanol–water partition coefficient (Wildman–Crippen LogP) is 6.18. The summed E-state index contributed by atoms with van der Waals surface area (Å²) >= 11 is 13.1. The Morgan fingerprint density at radius 2 is 1.68 bits per heavy atom. The van der Waals surface area contributed by atoms with Gasteiger partial charge in [0, 0.05) is 21.2 Å². The number of halogens is 2. The Bertz CT molecular complexity index is 1400. The van der Waals surface area contributed by atoms with Gasteiger partial charge in [-0.05, 0) is 42.0 Å². The monoisotopic (exact) mass is 488 g/mol. The Hall–Kier alpha value is -3.92. The fraction of sp³-hybridized carbons (Fsp3) is 0.0769. The van der Waals surface area contributed by atoms with E-state index in [1.54, 1.807) is 18.2 Å². The summed E-state index contributed by atoms with van der Waals surface area (Å²) in [5.41, 5.74) is 10.1. The minimum Gasteiger partial charge on any atom is -0.489 e. The third-order valence-electron chi connectivity index (χ3n) is 5.62. The van der Waals surface area contributed by atoms with E-state index in [9.17, 15) is 5.26 Å². The SMILES string of the molecule is N#CC1=C(N)Oc2n[nH]c(-c3ccc(OCc4ccccc4)cc3)c2[C@H]1c1c(Cl)cccc1Cl. The lowest BCUT2D eigenvalue weighted by Gasteiger charge is -2.25. The second-order valence-corrected chi connectivity index (χ2v) is 8.49. The number of aromatic nitrogens is 2. The lowest BCUT2D eigenvalue weighted by atomic mass is 9.83. The molecule has 0 radical (unpaired) electrons. The van der Waals surface area contributed by atoms with Crippen molar-refractivity contribution in [3.05, 3.63) is 111 Å². The molecule has 3 N–H and O–H groups in total. The highest BCUT2D eigenvalue weighted by molar-refractivity contribution is 6.36. The molecule has 34 heavy (non-hydrogen) atoms. The van der Waals surface area contributed by atoms with Gasteiger partial charge >= 0.3 is 0 Å². The number of benzene rings is 3. The number of H-pyrrole nitrogens is 1. The molecule has 1 atom stereocenters. The summed E-state index contributed by atoms with van der Waals surface area (Å²) in [4.78, 5) is 0. The molecular formula is C26H18Cl2N4O2. The molecule has 0 amide bonds. The lowest BCUT2D eigenvalue weighted by molar-refractivity contribution is 0.306. The number of aromatic amines is 1. The van der Waals surface area contributed by atoms with Crippen LogP contribution in [-0.4, -0.2) is 10.2 Å². The summed E-state index contributed by atoms with van der Waals surface area (Å²) < 4.78 is 11.6. The van der Waals surface area contributed by atoms with Crippen molar-refractivity contribution in [1.82, 2.24) is 10.2 Å². The van der Waals surface area contributed by atoms with Gasteiger partial charge in [0.1, 0.15) is 24.0 Å². The summed E-state index contributed by atoms with van der Waals surface area (Å²) in [6.07, 6.45) is 0. The first kappa shape index (κ1) is 21.9. The molecule has 4 aromatic rings. The molecule has 3 aromatic carbocycles. The number of nitrogens with zero attached hydrogens (tertiary/aromatic N) is 2. The maximum atomic E-state index is 9.89. The summed E-state index contributed by atoms with van der Waals surface area (Å²) in [5, 5.41) is 18.0. The molecule has 0 aliphatic carbocycles. The second kappa shape index (κ2) is 9.14. The summed E-state index contributed by atoms with van der Waals surface area (Å²) in [6, 6.07) is 24.9. The largest absolute Gasteiger partial charge is 0.489 e. The zero-order valence-corrected chi connectivity index (χ0v) is 19.3. The standard InChI is InChI=1S/C26H18Cl2N4O2/c27-19-7-4-8-20(28)22(19)21-18(13-29)25(30)34-26-23(21)24(31-32-26)16-9-11-17(12-10-16)33-14-15-5-2-1-3-6-15/h1-12,21H,14,30H2,(H,31,32)/t21-/m1/s1. The Kier molecular flexibility index (Phi) is 5.89. The Morgan fingerprint density at radius 3 is 2.35 bits per heavy atom. The fourth-order valence-electron chi connectivity index (χ4n) is 4.00. The van der Waals surface area contributed by atoms with Crippen molar-refractivity contribution in [3.8, 4) is 29.0 Å². The molecule has 0 fully saturated rings. The van der Waals surface area contributed by atoms with Gasteiger partial charge in [-0.2, -0.15) is 5.26 Å². The molecule has 0 bridgehead atoms. The van der Waals surface area contributed by atoms with Gasteiger partial charge in [0.25, 0.3) is 0 Å². The summed E-state index contributed by atoms with van der Waals surface area (Å²) in [6.45, 7) is 0.468. The van der Waals surface area contributed by atoms with Crippen LogP contribution in [0.1, 0.15) is 22.6 Å². The minimum absolute atomic E-state index is 0.0290. The van der Waals surface area contributed by atoms with E-state index in [0.717, 1.165) is 16.9 Å². The summed E-state index contributed by atoms with van der Waals surface area (Å²) in [5.74, 6) is 0.332. The molecule has 0 saturated carbocycles. The van der Waals surface area contributed by atoms with Gasteiger partial charge in [0.05, 0.1) is 17.2 Å². The van der Waals surface area contributed by atoms with Crippen LogP contribution in [0.4, 0.5) is 0 Å². The highest BCUT2D eigenvalue weighted by Crippen LogP contribution is 2.49. The molecule has 0 spiro atoms. The van der Waals surface area contributed by atoms with Crippen LogP contribution in [0.3, 0.4) is 0 Å². The summed E-state index contributed by atoms with van der Waals surface area (Å²) in [7, 11) is 0. The van der Waals surface area contributed by atoms with E-state index in [2.05, 4.69) is 16.3 Å². The molecule has 0 saturated heterocycles. The fourth-order valence-corrected chi connectivity index (χ4v) is 4.61. The third-order valence-corrected chi connectivity index (χ3v) is 6.28. The number of hydrogen-bond acceptors (Lipinski definition) is 5. The average molecular weight is 489 g/mol. The van der Waals surface area contributed by atoms with Crippen molar-refractivity contribution in [3.63, 3.8) is 0 Å². The number of nitriles is 1. The Balaban J connectivity index is 1.52. The molecule has 6 nitrogen and oxygen atoms in total. The number of fused-ring (bicyclic) bond motifs is 1. The zero-order chi connectivity index (χ0) is 23.7. The van der Waals surface area contributed by atoms with Crippen molar-refractivity contribution in [1.29, 1.82) is 5.26 Å². The van der Waals surface area contributed by atoms with Crippen LogP contribution in [0.25, 0.3) is 11.3 Å². The van der Waals surface area contributed by atoms with Gasteiger partial charge in [-0.25, -0.2) is 0 Å². The third kappa shape index (κ3) is 3.96. The van der Waals surface area contributed by atoms with Gasteiger partial charge < -0.3 is 15.2 Å². The van der Waals surface area contributed by atoms with Crippen LogP contribution in [0.15, 0.2) is 84.3 Å².